The summed E-state index contributed by atoms with van der Waals surface area (Å²) >= 11 is 0. The number of aromatic nitrogens is 2. The fourth-order valence-electron chi connectivity index (χ4n) is 3.16. The summed E-state index contributed by atoms with van der Waals surface area (Å²) in [4.78, 5) is 25.4. The van der Waals surface area contributed by atoms with Crippen LogP contribution in [0.4, 0.5) is 5.69 Å². The maximum atomic E-state index is 12.8. The van der Waals surface area contributed by atoms with Gasteiger partial charge in [-0.1, -0.05) is 45.0 Å². The second-order valence-corrected chi connectivity index (χ2v) is 8.08. The molecule has 2 aromatic carbocycles. The van der Waals surface area contributed by atoms with Crippen molar-refractivity contribution in [2.24, 2.45) is 13.0 Å². The molecule has 0 radical (unpaired) electrons. The fourth-order valence-corrected chi connectivity index (χ4v) is 3.16. The van der Waals surface area contributed by atoms with Crippen molar-refractivity contribution < 1.29 is 14.3 Å². The molecule has 0 aliphatic rings. The Labute approximate surface area is 188 Å². The first-order valence-corrected chi connectivity index (χ1v) is 10.8. The number of anilines is 1. The quantitative estimate of drug-likeness (QED) is 0.529. The molecule has 0 unspecified atom stereocenters. The molecule has 3 aromatic rings. The third-order valence-electron chi connectivity index (χ3n) is 5.00. The molecule has 32 heavy (non-hydrogen) atoms. The van der Waals surface area contributed by atoms with Crippen molar-refractivity contribution in [3.8, 4) is 5.75 Å². The highest BCUT2D eigenvalue weighted by atomic mass is 16.5. The number of rotatable bonds is 9. The summed E-state index contributed by atoms with van der Waals surface area (Å²) in [6.45, 7) is 7.04. The second kappa shape index (κ2) is 10.6. The standard InChI is InChI=1S/C25H30N4O3/c1-5-18-9-11-21(12-10-18)32-16-19-7-6-8-20(13-19)24(30)28-22-15-27-29(4)23(22)25(31)26-14-17(2)3/h6-13,15,17H,5,14,16H2,1-4H3,(H,26,31)(H,28,30). The Bertz CT molecular complexity index is 1070. The Morgan fingerprint density at radius 3 is 2.50 bits per heavy atom. The minimum absolute atomic E-state index is 0.273. The summed E-state index contributed by atoms with van der Waals surface area (Å²) in [5.74, 6) is 0.513. The summed E-state index contributed by atoms with van der Waals surface area (Å²) < 4.78 is 7.30. The van der Waals surface area contributed by atoms with E-state index in [0.29, 0.717) is 36.0 Å². The molecule has 0 spiro atoms. The number of nitrogens with one attached hydrogen (secondary N) is 2. The molecule has 0 atom stereocenters. The molecule has 2 amide bonds. The molecule has 0 fully saturated rings. The number of nitrogens with zero attached hydrogens (tertiary/aromatic N) is 2. The van der Waals surface area contributed by atoms with Crippen LogP contribution in [-0.4, -0.2) is 28.1 Å². The van der Waals surface area contributed by atoms with Crippen molar-refractivity contribution in [3.63, 3.8) is 0 Å². The van der Waals surface area contributed by atoms with E-state index >= 15 is 0 Å². The van der Waals surface area contributed by atoms with E-state index in [9.17, 15) is 9.59 Å². The van der Waals surface area contributed by atoms with Gasteiger partial charge in [0, 0.05) is 19.2 Å². The number of ether oxygens (including phenoxy) is 1. The summed E-state index contributed by atoms with van der Waals surface area (Å²) in [7, 11) is 1.67. The first-order valence-electron chi connectivity index (χ1n) is 10.8. The van der Waals surface area contributed by atoms with Crippen LogP contribution in [0.3, 0.4) is 0 Å². The van der Waals surface area contributed by atoms with Gasteiger partial charge in [-0.15, -0.1) is 0 Å². The number of benzene rings is 2. The zero-order chi connectivity index (χ0) is 23.1. The molecule has 0 saturated carbocycles. The van der Waals surface area contributed by atoms with Crippen LogP contribution in [0.15, 0.2) is 54.7 Å². The molecule has 168 valence electrons. The van der Waals surface area contributed by atoms with Crippen molar-refractivity contribution in [2.45, 2.75) is 33.8 Å². The highest BCUT2D eigenvalue weighted by Gasteiger charge is 2.19. The number of carbonyl (C=O) groups excluding carboxylic acids is 2. The maximum Gasteiger partial charge on any atom is 0.271 e. The van der Waals surface area contributed by atoms with E-state index in [1.807, 2.05) is 50.2 Å². The number of hydrogen-bond donors (Lipinski definition) is 2. The van der Waals surface area contributed by atoms with Crippen molar-refractivity contribution >= 4 is 17.5 Å². The molecule has 0 saturated heterocycles. The Kier molecular flexibility index (Phi) is 7.65. The van der Waals surface area contributed by atoms with Crippen LogP contribution < -0.4 is 15.4 Å². The van der Waals surface area contributed by atoms with Gasteiger partial charge in [-0.3, -0.25) is 14.3 Å². The van der Waals surface area contributed by atoms with Crippen LogP contribution in [0.5, 0.6) is 5.75 Å². The van der Waals surface area contributed by atoms with Gasteiger partial charge in [0.15, 0.2) is 0 Å². The zero-order valence-corrected chi connectivity index (χ0v) is 19.0. The average molecular weight is 435 g/mol. The van der Waals surface area contributed by atoms with Gasteiger partial charge in [-0.2, -0.15) is 5.10 Å². The van der Waals surface area contributed by atoms with Gasteiger partial charge < -0.3 is 15.4 Å². The van der Waals surface area contributed by atoms with Crippen LogP contribution in [0.2, 0.25) is 0 Å². The Hall–Kier alpha value is -3.61. The van der Waals surface area contributed by atoms with E-state index in [-0.39, 0.29) is 11.8 Å². The molecule has 0 bridgehead atoms. The van der Waals surface area contributed by atoms with Gasteiger partial charge in [0.2, 0.25) is 0 Å². The molecule has 1 heterocycles. The lowest BCUT2D eigenvalue weighted by atomic mass is 10.1. The highest BCUT2D eigenvalue weighted by Crippen LogP contribution is 2.18. The first kappa shape index (κ1) is 23.1. The van der Waals surface area contributed by atoms with E-state index in [0.717, 1.165) is 17.7 Å². The van der Waals surface area contributed by atoms with Gasteiger partial charge in [-0.05, 0) is 47.7 Å². The summed E-state index contributed by atoms with van der Waals surface area (Å²) in [6, 6.07) is 15.2. The SMILES string of the molecule is CCc1ccc(OCc2cccc(C(=O)Nc3cnn(C)c3C(=O)NCC(C)C)c2)cc1. The minimum atomic E-state index is -0.315. The molecule has 3 rings (SSSR count). The van der Waals surface area contributed by atoms with E-state index < -0.39 is 0 Å². The van der Waals surface area contributed by atoms with E-state index in [1.165, 1.54) is 16.4 Å². The molecule has 7 heteroatoms. The maximum absolute atomic E-state index is 12.8. The lowest BCUT2D eigenvalue weighted by Crippen LogP contribution is -2.30. The average Bonchev–Trinajstić information content (AvgIpc) is 3.16. The number of amides is 2. The van der Waals surface area contributed by atoms with Crippen molar-refractivity contribution in [1.29, 1.82) is 0 Å². The molecular formula is C25H30N4O3. The Morgan fingerprint density at radius 2 is 1.81 bits per heavy atom. The zero-order valence-electron chi connectivity index (χ0n) is 19.0. The second-order valence-electron chi connectivity index (χ2n) is 8.08. The van der Waals surface area contributed by atoms with Crippen LogP contribution >= 0.6 is 0 Å². The fraction of sp³-hybridized carbons (Fsp3) is 0.320. The largest absolute Gasteiger partial charge is 0.489 e. The number of carbonyl (C=O) groups is 2. The molecule has 0 aliphatic heterocycles. The van der Waals surface area contributed by atoms with Crippen molar-refractivity contribution in [3.05, 3.63) is 77.1 Å². The molecular weight excluding hydrogens is 404 g/mol. The van der Waals surface area contributed by atoms with Crippen molar-refractivity contribution in [1.82, 2.24) is 15.1 Å². The topological polar surface area (TPSA) is 85.2 Å². The Balaban J connectivity index is 1.66. The molecule has 1 aromatic heterocycles. The lowest BCUT2D eigenvalue weighted by Gasteiger charge is -2.11. The number of hydrogen-bond acceptors (Lipinski definition) is 4. The monoisotopic (exact) mass is 434 g/mol. The Morgan fingerprint density at radius 1 is 1.06 bits per heavy atom. The molecule has 7 nitrogen and oxygen atoms in total. The van der Waals surface area contributed by atoms with Crippen LogP contribution in [-0.2, 0) is 20.1 Å². The third-order valence-corrected chi connectivity index (χ3v) is 5.00. The number of aryl methyl sites for hydroxylation is 2. The normalized spacial score (nSPS) is 10.8. The van der Waals surface area contributed by atoms with E-state index in [1.54, 1.807) is 19.2 Å². The summed E-state index contributed by atoms with van der Waals surface area (Å²) in [6.07, 6.45) is 2.46. The predicted molar refractivity (Wildman–Crippen MR) is 125 cm³/mol. The third kappa shape index (κ3) is 5.97. The lowest BCUT2D eigenvalue weighted by molar-refractivity contribution is 0.0940. The van der Waals surface area contributed by atoms with Crippen molar-refractivity contribution in [2.75, 3.05) is 11.9 Å². The first-order chi connectivity index (χ1) is 15.4. The molecule has 0 aliphatic carbocycles. The molecule has 2 N–H and O–H groups in total. The van der Waals surface area contributed by atoms with Crippen LogP contribution in [0.25, 0.3) is 0 Å². The van der Waals surface area contributed by atoms with E-state index in [2.05, 4.69) is 22.7 Å². The predicted octanol–water partition coefficient (Wildman–Crippen LogP) is 4.20. The minimum Gasteiger partial charge on any atom is -0.489 e. The summed E-state index contributed by atoms with van der Waals surface area (Å²) in [5.41, 5.74) is 3.29. The van der Waals surface area contributed by atoms with Crippen LogP contribution in [0, 0.1) is 5.92 Å². The van der Waals surface area contributed by atoms with Crippen LogP contribution in [0.1, 0.15) is 52.7 Å². The smallest absolute Gasteiger partial charge is 0.271 e. The van der Waals surface area contributed by atoms with Gasteiger partial charge in [-0.25, -0.2) is 0 Å². The van der Waals surface area contributed by atoms with Gasteiger partial charge in [0.1, 0.15) is 18.1 Å². The van der Waals surface area contributed by atoms with Gasteiger partial charge in [0.05, 0.1) is 11.9 Å². The van der Waals surface area contributed by atoms with Gasteiger partial charge in [0.25, 0.3) is 11.8 Å². The summed E-state index contributed by atoms with van der Waals surface area (Å²) in [5, 5.41) is 9.79. The van der Waals surface area contributed by atoms with E-state index in [4.69, 9.17) is 4.74 Å². The highest BCUT2D eigenvalue weighted by molar-refractivity contribution is 6.08. The van der Waals surface area contributed by atoms with Gasteiger partial charge >= 0.3 is 0 Å².